The fourth-order valence-corrected chi connectivity index (χ4v) is 1.68. The van der Waals surface area contributed by atoms with Crippen LogP contribution in [0.3, 0.4) is 0 Å². The number of hydrogen-bond donors (Lipinski definition) is 0. The van der Waals surface area contributed by atoms with E-state index in [0.717, 1.165) is 0 Å². The highest BCUT2D eigenvalue weighted by atomic mass is 79.9. The van der Waals surface area contributed by atoms with Crippen molar-refractivity contribution < 1.29 is 4.39 Å². The monoisotopic (exact) mass is 333 g/mol. The topological polar surface area (TPSA) is 30.7 Å². The summed E-state index contributed by atoms with van der Waals surface area (Å²) in [6.07, 6.45) is 0. The molecule has 2 aromatic rings. The highest BCUT2D eigenvalue weighted by Gasteiger charge is 2.07. The van der Waals surface area contributed by atoms with Crippen LogP contribution in [0.15, 0.2) is 33.5 Å². The van der Waals surface area contributed by atoms with E-state index in [1.54, 1.807) is 18.2 Å². The van der Waals surface area contributed by atoms with Crippen molar-refractivity contribution in [1.29, 1.82) is 0 Å². The molecule has 0 saturated heterocycles. The number of benzene rings is 1. The molecule has 3 nitrogen and oxygen atoms in total. The van der Waals surface area contributed by atoms with Gasteiger partial charge in [0.05, 0.1) is 6.54 Å². The largest absolute Gasteiger partial charge is 0.207 e. The van der Waals surface area contributed by atoms with Crippen molar-refractivity contribution in [3.05, 3.63) is 44.9 Å². The smallest absolute Gasteiger partial charge is 0.162 e. The number of halogens is 3. The molecule has 0 unspecified atom stereocenters. The van der Waals surface area contributed by atoms with Crippen LogP contribution in [-0.4, -0.2) is 15.0 Å². The summed E-state index contributed by atoms with van der Waals surface area (Å²) >= 11 is 6.43. The van der Waals surface area contributed by atoms with Gasteiger partial charge in [0.2, 0.25) is 0 Å². The average Bonchev–Trinajstić information content (AvgIpc) is 2.50. The zero-order chi connectivity index (χ0) is 10.8. The second-order valence-electron chi connectivity index (χ2n) is 2.90. The van der Waals surface area contributed by atoms with E-state index >= 15 is 0 Å². The Kier molecular flexibility index (Phi) is 3.16. The maximum Gasteiger partial charge on any atom is 0.162 e. The van der Waals surface area contributed by atoms with E-state index in [1.165, 1.54) is 10.9 Å². The van der Waals surface area contributed by atoms with E-state index in [2.05, 4.69) is 42.1 Å². The van der Waals surface area contributed by atoms with Crippen molar-refractivity contribution in [2.75, 3.05) is 0 Å². The summed E-state index contributed by atoms with van der Waals surface area (Å²) in [7, 11) is 0. The van der Waals surface area contributed by atoms with Gasteiger partial charge in [0.25, 0.3) is 0 Å². The lowest BCUT2D eigenvalue weighted by molar-refractivity contribution is 0.546. The molecule has 0 amide bonds. The molecule has 0 aliphatic carbocycles. The molecule has 1 aromatic heterocycles. The summed E-state index contributed by atoms with van der Waals surface area (Å²) in [5.41, 5.74) is 0.563. The van der Waals surface area contributed by atoms with Crippen molar-refractivity contribution in [3.8, 4) is 0 Å². The van der Waals surface area contributed by atoms with Gasteiger partial charge in [-0.25, -0.2) is 4.39 Å². The predicted octanol–water partition coefficient (Wildman–Crippen LogP) is 2.99. The van der Waals surface area contributed by atoms with E-state index in [1.807, 2.05) is 0 Å². The van der Waals surface area contributed by atoms with Gasteiger partial charge in [-0.15, -0.1) is 10.2 Å². The predicted molar refractivity (Wildman–Crippen MR) is 60.9 cm³/mol. The van der Waals surface area contributed by atoms with Gasteiger partial charge in [-0.2, -0.15) is 4.80 Å². The summed E-state index contributed by atoms with van der Waals surface area (Å²) < 4.78 is 14.5. The summed E-state index contributed by atoms with van der Waals surface area (Å²) in [6, 6.07) is 6.57. The van der Waals surface area contributed by atoms with Crippen LogP contribution in [0.5, 0.6) is 0 Å². The molecule has 0 fully saturated rings. The first-order chi connectivity index (χ1) is 7.16. The van der Waals surface area contributed by atoms with Crippen molar-refractivity contribution in [3.63, 3.8) is 0 Å². The fraction of sp³-hybridized carbons (Fsp3) is 0.111. The van der Waals surface area contributed by atoms with Crippen molar-refractivity contribution in [2.45, 2.75) is 6.54 Å². The molecule has 0 aliphatic heterocycles. The van der Waals surface area contributed by atoms with Crippen LogP contribution in [0, 0.1) is 5.82 Å². The molecule has 78 valence electrons. The van der Waals surface area contributed by atoms with Crippen LogP contribution in [0.25, 0.3) is 0 Å². The van der Waals surface area contributed by atoms with Crippen LogP contribution < -0.4 is 0 Å². The molecule has 0 N–H and O–H groups in total. The van der Waals surface area contributed by atoms with Gasteiger partial charge in [-0.05, 0) is 37.9 Å². The van der Waals surface area contributed by atoms with Gasteiger partial charge < -0.3 is 0 Å². The lowest BCUT2D eigenvalue weighted by Crippen LogP contribution is -2.05. The minimum Gasteiger partial charge on any atom is -0.207 e. The third-order valence-electron chi connectivity index (χ3n) is 1.85. The summed E-state index contributed by atoms with van der Waals surface area (Å²) in [4.78, 5) is 1.42. The van der Waals surface area contributed by atoms with Gasteiger partial charge in [0, 0.05) is 5.56 Å². The van der Waals surface area contributed by atoms with E-state index in [9.17, 15) is 4.39 Å². The maximum absolute atomic E-state index is 13.3. The SMILES string of the molecule is Fc1ccccc1Cn1nc(Br)c(Br)n1. The number of nitrogens with zero attached hydrogens (tertiary/aromatic N) is 3. The Morgan fingerprint density at radius 1 is 1.13 bits per heavy atom. The second-order valence-corrected chi connectivity index (χ2v) is 4.41. The van der Waals surface area contributed by atoms with Gasteiger partial charge in [-0.3, -0.25) is 0 Å². The highest BCUT2D eigenvalue weighted by molar-refractivity contribution is 9.13. The Morgan fingerprint density at radius 2 is 1.73 bits per heavy atom. The fourth-order valence-electron chi connectivity index (χ4n) is 1.16. The third kappa shape index (κ3) is 2.43. The normalized spacial score (nSPS) is 10.6. The highest BCUT2D eigenvalue weighted by Crippen LogP contribution is 2.17. The van der Waals surface area contributed by atoms with E-state index in [4.69, 9.17) is 0 Å². The molecule has 1 heterocycles. The Labute approximate surface area is 103 Å². The van der Waals surface area contributed by atoms with Crippen molar-refractivity contribution >= 4 is 31.9 Å². The van der Waals surface area contributed by atoms with Crippen LogP contribution in [0.4, 0.5) is 4.39 Å². The molecule has 0 saturated carbocycles. The lowest BCUT2D eigenvalue weighted by Gasteiger charge is -2.00. The minimum absolute atomic E-state index is 0.248. The summed E-state index contributed by atoms with van der Waals surface area (Å²) in [5.74, 6) is -0.248. The molecular formula is C9H6Br2FN3. The van der Waals surface area contributed by atoms with Gasteiger partial charge in [0.15, 0.2) is 9.21 Å². The average molecular weight is 335 g/mol. The minimum atomic E-state index is -0.248. The molecule has 0 spiro atoms. The standard InChI is InChI=1S/C9H6Br2FN3/c10-8-9(11)14-15(13-8)5-6-3-1-2-4-7(6)12/h1-4H,5H2. The molecule has 1 aromatic carbocycles. The molecule has 2 rings (SSSR count). The Morgan fingerprint density at radius 3 is 2.33 bits per heavy atom. The van der Waals surface area contributed by atoms with Crippen LogP contribution in [0.1, 0.15) is 5.56 Å². The Hall–Kier alpha value is -0.750. The van der Waals surface area contributed by atoms with Crippen molar-refractivity contribution in [1.82, 2.24) is 15.0 Å². The maximum atomic E-state index is 13.3. The first-order valence-electron chi connectivity index (χ1n) is 4.16. The molecule has 0 radical (unpaired) electrons. The molecule has 6 heteroatoms. The third-order valence-corrected chi connectivity index (χ3v) is 3.45. The summed E-state index contributed by atoms with van der Waals surface area (Å²) in [6.45, 7) is 0.316. The van der Waals surface area contributed by atoms with Gasteiger partial charge >= 0.3 is 0 Å². The lowest BCUT2D eigenvalue weighted by atomic mass is 10.2. The van der Waals surface area contributed by atoms with Crippen molar-refractivity contribution in [2.24, 2.45) is 0 Å². The molecule has 0 aliphatic rings. The molecule has 15 heavy (non-hydrogen) atoms. The van der Waals surface area contributed by atoms with Gasteiger partial charge in [0.1, 0.15) is 5.82 Å². The summed E-state index contributed by atoms with van der Waals surface area (Å²) in [5, 5.41) is 8.11. The number of rotatable bonds is 2. The molecular weight excluding hydrogens is 329 g/mol. The first kappa shape index (κ1) is 10.8. The molecule has 0 atom stereocenters. The Balaban J connectivity index is 2.26. The van der Waals surface area contributed by atoms with Gasteiger partial charge in [-0.1, -0.05) is 18.2 Å². The zero-order valence-electron chi connectivity index (χ0n) is 7.49. The van der Waals surface area contributed by atoms with E-state index in [0.29, 0.717) is 21.3 Å². The first-order valence-corrected chi connectivity index (χ1v) is 5.75. The number of aromatic nitrogens is 3. The second kappa shape index (κ2) is 4.40. The Bertz CT molecular complexity index is 464. The molecule has 0 bridgehead atoms. The van der Waals surface area contributed by atoms with E-state index in [-0.39, 0.29) is 5.82 Å². The van der Waals surface area contributed by atoms with Crippen LogP contribution >= 0.6 is 31.9 Å². The van der Waals surface area contributed by atoms with Crippen LogP contribution in [-0.2, 0) is 6.54 Å². The van der Waals surface area contributed by atoms with Crippen LogP contribution in [0.2, 0.25) is 0 Å². The van der Waals surface area contributed by atoms with E-state index < -0.39 is 0 Å². The number of hydrogen-bond acceptors (Lipinski definition) is 2. The zero-order valence-corrected chi connectivity index (χ0v) is 10.7. The quantitative estimate of drug-likeness (QED) is 0.845.